The fourth-order valence-corrected chi connectivity index (χ4v) is 0.964. The molecule has 0 aliphatic carbocycles. The Morgan fingerprint density at radius 3 is 2.83 bits per heavy atom. The molecule has 0 spiro atoms. The Balaban J connectivity index is 2.97. The van der Waals surface area contributed by atoms with E-state index in [2.05, 4.69) is 0 Å². The summed E-state index contributed by atoms with van der Waals surface area (Å²) in [6, 6.07) is 4.96. The first-order valence-corrected chi connectivity index (χ1v) is 3.75. The number of hydrogen-bond acceptors (Lipinski definition) is 3. The minimum Gasteiger partial charge on any atom is -0.494 e. The van der Waals surface area contributed by atoms with Crippen molar-refractivity contribution < 1.29 is 9.53 Å². The summed E-state index contributed by atoms with van der Waals surface area (Å²) in [4.78, 5) is 10.4. The first kappa shape index (κ1) is 8.59. The van der Waals surface area contributed by atoms with Crippen LogP contribution in [0.4, 0.5) is 5.69 Å². The number of nitrogen functional groups attached to an aromatic ring is 1. The predicted molar refractivity (Wildman–Crippen MR) is 47.4 cm³/mol. The van der Waals surface area contributed by atoms with E-state index in [0.29, 0.717) is 23.6 Å². The highest BCUT2D eigenvalue weighted by atomic mass is 16.5. The van der Waals surface area contributed by atoms with E-state index in [4.69, 9.17) is 10.5 Å². The molecule has 0 bridgehead atoms. The number of carbonyl (C=O) groups is 1. The smallest absolute Gasteiger partial charge is 0.150 e. The van der Waals surface area contributed by atoms with E-state index in [1.54, 1.807) is 18.2 Å². The van der Waals surface area contributed by atoms with Crippen molar-refractivity contribution in [2.75, 3.05) is 12.3 Å². The van der Waals surface area contributed by atoms with Gasteiger partial charge in [-0.15, -0.1) is 0 Å². The molecule has 0 saturated carbocycles. The molecular weight excluding hydrogens is 154 g/mol. The zero-order chi connectivity index (χ0) is 8.97. The van der Waals surface area contributed by atoms with E-state index < -0.39 is 0 Å². The maximum Gasteiger partial charge on any atom is 0.150 e. The molecule has 0 fully saturated rings. The number of anilines is 1. The lowest BCUT2D eigenvalue weighted by molar-refractivity contribution is 0.112. The Kier molecular flexibility index (Phi) is 2.69. The quantitative estimate of drug-likeness (QED) is 0.545. The molecule has 0 aromatic heterocycles. The molecule has 3 heteroatoms. The molecule has 2 N–H and O–H groups in total. The average molecular weight is 165 g/mol. The maximum absolute atomic E-state index is 10.4. The van der Waals surface area contributed by atoms with Crippen molar-refractivity contribution in [2.45, 2.75) is 6.92 Å². The van der Waals surface area contributed by atoms with Crippen LogP contribution in [0.15, 0.2) is 18.2 Å². The van der Waals surface area contributed by atoms with Gasteiger partial charge in [0.15, 0.2) is 0 Å². The van der Waals surface area contributed by atoms with Crippen LogP contribution < -0.4 is 10.5 Å². The number of benzene rings is 1. The monoisotopic (exact) mass is 165 g/mol. The molecule has 0 aliphatic rings. The fraction of sp³-hybridized carbons (Fsp3) is 0.222. The first-order valence-electron chi connectivity index (χ1n) is 3.75. The van der Waals surface area contributed by atoms with E-state index in [1.807, 2.05) is 6.92 Å². The van der Waals surface area contributed by atoms with Gasteiger partial charge in [-0.3, -0.25) is 4.79 Å². The first-order chi connectivity index (χ1) is 5.76. The van der Waals surface area contributed by atoms with Crippen molar-refractivity contribution in [3.63, 3.8) is 0 Å². The number of hydrogen-bond donors (Lipinski definition) is 1. The zero-order valence-corrected chi connectivity index (χ0v) is 6.91. The third-order valence-electron chi connectivity index (χ3n) is 1.40. The Morgan fingerprint density at radius 1 is 1.50 bits per heavy atom. The largest absolute Gasteiger partial charge is 0.494 e. The Labute approximate surface area is 71.1 Å². The summed E-state index contributed by atoms with van der Waals surface area (Å²) < 4.78 is 5.19. The van der Waals surface area contributed by atoms with Crippen molar-refractivity contribution in [3.8, 4) is 5.75 Å². The second kappa shape index (κ2) is 3.76. The minimum absolute atomic E-state index is 0.540. The summed E-state index contributed by atoms with van der Waals surface area (Å²) in [5.41, 5.74) is 6.61. The number of nitrogens with two attached hydrogens (primary N) is 1. The molecular formula is C9H11NO2. The fourth-order valence-electron chi connectivity index (χ4n) is 0.964. The number of rotatable bonds is 3. The van der Waals surface area contributed by atoms with Crippen molar-refractivity contribution in [1.29, 1.82) is 0 Å². The van der Waals surface area contributed by atoms with Crippen molar-refractivity contribution in [1.82, 2.24) is 0 Å². The van der Waals surface area contributed by atoms with E-state index in [0.717, 1.165) is 6.29 Å². The third-order valence-corrected chi connectivity index (χ3v) is 1.40. The second-order valence-electron chi connectivity index (χ2n) is 2.39. The molecule has 3 nitrogen and oxygen atoms in total. The van der Waals surface area contributed by atoms with Crippen LogP contribution in [0.1, 0.15) is 17.3 Å². The van der Waals surface area contributed by atoms with Crippen molar-refractivity contribution in [2.24, 2.45) is 0 Å². The van der Waals surface area contributed by atoms with Gasteiger partial charge in [-0.25, -0.2) is 0 Å². The van der Waals surface area contributed by atoms with Crippen LogP contribution >= 0.6 is 0 Å². The van der Waals surface area contributed by atoms with E-state index >= 15 is 0 Å². The summed E-state index contributed by atoms with van der Waals surface area (Å²) in [6.45, 7) is 2.45. The molecule has 1 rings (SSSR count). The van der Waals surface area contributed by atoms with Gasteiger partial charge in [0.25, 0.3) is 0 Å². The van der Waals surface area contributed by atoms with Crippen molar-refractivity contribution in [3.05, 3.63) is 23.8 Å². The second-order valence-corrected chi connectivity index (χ2v) is 2.39. The highest BCUT2D eigenvalue weighted by molar-refractivity contribution is 5.77. The number of carbonyl (C=O) groups excluding carboxylic acids is 1. The summed E-state index contributed by atoms with van der Waals surface area (Å²) >= 11 is 0. The zero-order valence-electron chi connectivity index (χ0n) is 6.91. The highest BCUT2D eigenvalue weighted by Gasteiger charge is 1.97. The molecule has 0 heterocycles. The van der Waals surface area contributed by atoms with Crippen LogP contribution in [0.25, 0.3) is 0 Å². The van der Waals surface area contributed by atoms with Gasteiger partial charge in [-0.1, -0.05) is 0 Å². The van der Waals surface area contributed by atoms with Crippen LogP contribution in [0.2, 0.25) is 0 Å². The normalized spacial score (nSPS) is 9.42. The molecule has 0 aliphatic heterocycles. The maximum atomic E-state index is 10.4. The highest BCUT2D eigenvalue weighted by Crippen LogP contribution is 2.17. The number of aldehydes is 1. The van der Waals surface area contributed by atoms with Gasteiger partial charge in [-0.05, 0) is 19.1 Å². The summed E-state index contributed by atoms with van der Waals surface area (Å²) in [5.74, 6) is 0.639. The summed E-state index contributed by atoms with van der Waals surface area (Å²) in [5, 5.41) is 0. The van der Waals surface area contributed by atoms with Crippen LogP contribution in [0.5, 0.6) is 5.75 Å². The molecule has 12 heavy (non-hydrogen) atoms. The lowest BCUT2D eigenvalue weighted by atomic mass is 10.2. The van der Waals surface area contributed by atoms with E-state index in [1.165, 1.54) is 0 Å². The summed E-state index contributed by atoms with van der Waals surface area (Å²) in [7, 11) is 0. The topological polar surface area (TPSA) is 52.3 Å². The minimum atomic E-state index is 0.540. The van der Waals surface area contributed by atoms with Gasteiger partial charge in [-0.2, -0.15) is 0 Å². The molecule has 0 radical (unpaired) electrons. The van der Waals surface area contributed by atoms with Gasteiger partial charge in [0.1, 0.15) is 12.0 Å². The molecule has 0 amide bonds. The molecule has 0 saturated heterocycles. The van der Waals surface area contributed by atoms with E-state index in [9.17, 15) is 4.79 Å². The van der Waals surface area contributed by atoms with Crippen LogP contribution in [-0.4, -0.2) is 12.9 Å². The van der Waals surface area contributed by atoms with Crippen LogP contribution in [0.3, 0.4) is 0 Å². The van der Waals surface area contributed by atoms with E-state index in [-0.39, 0.29) is 0 Å². The van der Waals surface area contributed by atoms with Crippen LogP contribution in [0, 0.1) is 0 Å². The van der Waals surface area contributed by atoms with Crippen molar-refractivity contribution >= 4 is 12.0 Å². The van der Waals surface area contributed by atoms with Crippen LogP contribution in [-0.2, 0) is 0 Å². The molecule has 0 atom stereocenters. The average Bonchev–Trinajstić information content (AvgIpc) is 2.04. The van der Waals surface area contributed by atoms with Gasteiger partial charge >= 0.3 is 0 Å². The molecule has 1 aromatic rings. The van der Waals surface area contributed by atoms with Gasteiger partial charge in [0.2, 0.25) is 0 Å². The lowest BCUT2D eigenvalue weighted by Crippen LogP contribution is -1.95. The lowest BCUT2D eigenvalue weighted by Gasteiger charge is -2.04. The van der Waals surface area contributed by atoms with Gasteiger partial charge in [0.05, 0.1) is 6.61 Å². The SMILES string of the molecule is CCOc1cc(N)cc(C=O)c1. The Morgan fingerprint density at radius 2 is 2.25 bits per heavy atom. The van der Waals surface area contributed by atoms with Gasteiger partial charge in [0, 0.05) is 17.3 Å². The molecule has 64 valence electrons. The molecule has 1 aromatic carbocycles. The Bertz CT molecular complexity index is 284. The predicted octanol–water partition coefficient (Wildman–Crippen LogP) is 1.48. The standard InChI is InChI=1S/C9H11NO2/c1-2-12-9-4-7(6-11)3-8(10)5-9/h3-6H,2,10H2,1H3. The summed E-state index contributed by atoms with van der Waals surface area (Å²) in [6.07, 6.45) is 0.749. The molecule has 0 unspecified atom stereocenters. The Hall–Kier alpha value is -1.51. The van der Waals surface area contributed by atoms with Gasteiger partial charge < -0.3 is 10.5 Å². The number of ether oxygens (including phenoxy) is 1. The third kappa shape index (κ3) is 1.99.